The predicted molar refractivity (Wildman–Crippen MR) is 49.5 cm³/mol. The number of benzene rings is 1. The molecule has 0 amide bonds. The van der Waals surface area contributed by atoms with Crippen LogP contribution in [0.1, 0.15) is 12.0 Å². The fourth-order valence-electron chi connectivity index (χ4n) is 1.19. The van der Waals surface area contributed by atoms with E-state index >= 15 is 0 Å². The van der Waals surface area contributed by atoms with Crippen molar-refractivity contribution in [2.24, 2.45) is 0 Å². The Hall–Kier alpha value is -1.11. The van der Waals surface area contributed by atoms with Gasteiger partial charge in [-0.05, 0) is 24.5 Å². The first kappa shape index (κ1) is 13.0. The van der Waals surface area contributed by atoms with Crippen LogP contribution in [0, 0.1) is 17.5 Å². The molecule has 0 aliphatic carbocycles. The molecular formula is C9H8F4O2S. The van der Waals surface area contributed by atoms with E-state index in [9.17, 15) is 25.5 Å². The molecule has 0 bridgehead atoms. The van der Waals surface area contributed by atoms with E-state index in [1.807, 2.05) is 0 Å². The molecule has 0 aliphatic rings. The summed E-state index contributed by atoms with van der Waals surface area (Å²) in [6.07, 6.45) is -0.368. The Bertz CT molecular complexity index is 485. The van der Waals surface area contributed by atoms with Gasteiger partial charge in [-0.25, -0.2) is 13.2 Å². The molecule has 1 aromatic carbocycles. The average molecular weight is 256 g/mol. The van der Waals surface area contributed by atoms with Gasteiger partial charge >= 0.3 is 10.2 Å². The zero-order valence-electron chi connectivity index (χ0n) is 8.01. The number of aryl methyl sites for hydroxylation is 1. The highest BCUT2D eigenvalue weighted by molar-refractivity contribution is 7.86. The Morgan fingerprint density at radius 1 is 1.00 bits per heavy atom. The Morgan fingerprint density at radius 2 is 1.56 bits per heavy atom. The summed E-state index contributed by atoms with van der Waals surface area (Å²) in [5, 5.41) is 0. The van der Waals surface area contributed by atoms with E-state index in [2.05, 4.69) is 0 Å². The monoisotopic (exact) mass is 256 g/mol. The van der Waals surface area contributed by atoms with Gasteiger partial charge in [-0.3, -0.25) is 0 Å². The maximum atomic E-state index is 13.0. The van der Waals surface area contributed by atoms with Crippen molar-refractivity contribution in [1.82, 2.24) is 0 Å². The zero-order chi connectivity index (χ0) is 12.3. The molecule has 7 heteroatoms. The van der Waals surface area contributed by atoms with Crippen LogP contribution in [-0.4, -0.2) is 14.2 Å². The Balaban J connectivity index is 2.71. The van der Waals surface area contributed by atoms with Gasteiger partial charge in [0.05, 0.1) is 5.75 Å². The van der Waals surface area contributed by atoms with E-state index in [-0.39, 0.29) is 18.4 Å². The molecule has 2 nitrogen and oxygen atoms in total. The molecule has 0 radical (unpaired) electrons. The van der Waals surface area contributed by atoms with Gasteiger partial charge in [-0.2, -0.15) is 8.42 Å². The zero-order valence-corrected chi connectivity index (χ0v) is 8.83. The Morgan fingerprint density at radius 3 is 2.12 bits per heavy atom. The van der Waals surface area contributed by atoms with Crippen molar-refractivity contribution in [2.75, 3.05) is 5.75 Å². The van der Waals surface area contributed by atoms with Crippen molar-refractivity contribution >= 4 is 10.2 Å². The smallest absolute Gasteiger partial charge is 0.207 e. The standard InChI is InChI=1S/C9H8F4O2S/c10-7-5-9(12)8(11)4-6(7)2-1-3-16(13,14)15/h4-5H,1-3H2. The van der Waals surface area contributed by atoms with Gasteiger partial charge in [-0.15, -0.1) is 3.89 Å². The van der Waals surface area contributed by atoms with Gasteiger partial charge < -0.3 is 0 Å². The highest BCUT2D eigenvalue weighted by Gasteiger charge is 2.12. The number of hydrogen-bond donors (Lipinski definition) is 0. The minimum absolute atomic E-state index is 0.174. The summed E-state index contributed by atoms with van der Waals surface area (Å²) in [5.41, 5.74) is -0.178. The normalized spacial score (nSPS) is 11.8. The number of halogens is 4. The summed E-state index contributed by atoms with van der Waals surface area (Å²) in [6, 6.07) is 1.00. The van der Waals surface area contributed by atoms with Crippen molar-refractivity contribution in [2.45, 2.75) is 12.8 Å². The van der Waals surface area contributed by atoms with Crippen LogP contribution in [-0.2, 0) is 16.6 Å². The summed E-state index contributed by atoms with van der Waals surface area (Å²) in [6.45, 7) is 0. The fraction of sp³-hybridized carbons (Fsp3) is 0.333. The maximum Gasteiger partial charge on any atom is 0.302 e. The van der Waals surface area contributed by atoms with Crippen LogP contribution < -0.4 is 0 Å². The lowest BCUT2D eigenvalue weighted by Gasteiger charge is -2.03. The van der Waals surface area contributed by atoms with E-state index in [0.29, 0.717) is 12.1 Å². The lowest BCUT2D eigenvalue weighted by molar-refractivity contribution is 0.489. The Kier molecular flexibility index (Phi) is 3.90. The van der Waals surface area contributed by atoms with E-state index in [4.69, 9.17) is 0 Å². The highest BCUT2D eigenvalue weighted by Crippen LogP contribution is 2.15. The van der Waals surface area contributed by atoms with Crippen molar-refractivity contribution in [3.05, 3.63) is 35.1 Å². The number of rotatable bonds is 4. The molecule has 0 saturated heterocycles. The first-order valence-electron chi connectivity index (χ1n) is 4.35. The molecule has 90 valence electrons. The molecule has 0 heterocycles. The molecule has 0 aromatic heterocycles. The van der Waals surface area contributed by atoms with Crippen LogP contribution in [0.3, 0.4) is 0 Å². The van der Waals surface area contributed by atoms with Gasteiger partial charge in [0.1, 0.15) is 5.82 Å². The molecule has 0 saturated carbocycles. The second-order valence-electron chi connectivity index (χ2n) is 3.20. The molecule has 0 spiro atoms. The summed E-state index contributed by atoms with van der Waals surface area (Å²) in [5.74, 6) is -4.29. The molecule has 0 unspecified atom stereocenters. The molecule has 16 heavy (non-hydrogen) atoms. The second kappa shape index (κ2) is 4.82. The summed E-state index contributed by atoms with van der Waals surface area (Å²) < 4.78 is 70.5. The van der Waals surface area contributed by atoms with Gasteiger partial charge in [0.25, 0.3) is 0 Å². The lowest BCUT2D eigenvalue weighted by atomic mass is 10.1. The summed E-state index contributed by atoms with van der Waals surface area (Å²) in [7, 11) is -4.62. The molecule has 0 N–H and O–H groups in total. The topological polar surface area (TPSA) is 34.1 Å². The molecular weight excluding hydrogens is 248 g/mol. The van der Waals surface area contributed by atoms with Crippen LogP contribution in [0.4, 0.5) is 17.1 Å². The lowest BCUT2D eigenvalue weighted by Crippen LogP contribution is -2.02. The van der Waals surface area contributed by atoms with E-state index in [0.717, 1.165) is 0 Å². The van der Waals surface area contributed by atoms with Crippen molar-refractivity contribution in [3.8, 4) is 0 Å². The number of hydrogen-bond acceptors (Lipinski definition) is 2. The molecule has 0 aliphatic heterocycles. The SMILES string of the molecule is O=S(=O)(F)CCCc1cc(F)c(F)cc1F. The fourth-order valence-corrected chi connectivity index (χ4v) is 1.68. The second-order valence-corrected chi connectivity index (χ2v) is 4.69. The van der Waals surface area contributed by atoms with Crippen molar-refractivity contribution < 1.29 is 25.5 Å². The molecule has 0 fully saturated rings. The van der Waals surface area contributed by atoms with Crippen LogP contribution in [0.5, 0.6) is 0 Å². The summed E-state index contributed by atoms with van der Waals surface area (Å²) >= 11 is 0. The maximum absolute atomic E-state index is 13.0. The van der Waals surface area contributed by atoms with Gasteiger partial charge in [-0.1, -0.05) is 0 Å². The molecule has 0 atom stereocenters. The van der Waals surface area contributed by atoms with Gasteiger partial charge in [0.15, 0.2) is 11.6 Å². The molecule has 1 rings (SSSR count). The van der Waals surface area contributed by atoms with Gasteiger partial charge in [0.2, 0.25) is 0 Å². The third-order valence-electron chi connectivity index (χ3n) is 1.92. The van der Waals surface area contributed by atoms with Crippen molar-refractivity contribution in [1.29, 1.82) is 0 Å². The predicted octanol–water partition coefficient (Wildman–Crippen LogP) is 2.34. The minimum Gasteiger partial charge on any atom is -0.207 e. The van der Waals surface area contributed by atoms with Gasteiger partial charge in [0, 0.05) is 6.07 Å². The van der Waals surface area contributed by atoms with Crippen LogP contribution in [0.25, 0.3) is 0 Å². The van der Waals surface area contributed by atoms with E-state index in [1.54, 1.807) is 0 Å². The van der Waals surface area contributed by atoms with E-state index < -0.39 is 33.4 Å². The summed E-state index contributed by atoms with van der Waals surface area (Å²) in [4.78, 5) is 0. The van der Waals surface area contributed by atoms with E-state index in [1.165, 1.54) is 0 Å². The largest absolute Gasteiger partial charge is 0.302 e. The van der Waals surface area contributed by atoms with Crippen LogP contribution >= 0.6 is 0 Å². The first-order valence-corrected chi connectivity index (χ1v) is 5.90. The average Bonchev–Trinajstić information content (AvgIpc) is 2.11. The van der Waals surface area contributed by atoms with Crippen LogP contribution in [0.15, 0.2) is 12.1 Å². The highest BCUT2D eigenvalue weighted by atomic mass is 32.3. The van der Waals surface area contributed by atoms with Crippen LogP contribution in [0.2, 0.25) is 0 Å². The van der Waals surface area contributed by atoms with Crippen molar-refractivity contribution in [3.63, 3.8) is 0 Å². The third kappa shape index (κ3) is 3.80. The third-order valence-corrected chi connectivity index (χ3v) is 2.70. The minimum atomic E-state index is -4.62. The molecule has 1 aromatic rings. The quantitative estimate of drug-likeness (QED) is 0.470. The Labute approximate surface area is 90.1 Å². The first-order chi connectivity index (χ1) is 7.29.